The Labute approximate surface area is 244 Å². The van der Waals surface area contributed by atoms with Crippen molar-refractivity contribution in [2.75, 3.05) is 0 Å². The van der Waals surface area contributed by atoms with Gasteiger partial charge >= 0.3 is 0 Å². The first kappa shape index (κ1) is 33.6. The molecular weight excluding hydrogens is 472 g/mol. The Hall–Kier alpha value is -1.57. The second-order valence-electron chi connectivity index (χ2n) is 12.3. The van der Waals surface area contributed by atoms with E-state index in [0.717, 1.165) is 12.6 Å². The van der Waals surface area contributed by atoms with Crippen molar-refractivity contribution in [3.8, 4) is 0 Å². The summed E-state index contributed by atoms with van der Waals surface area (Å²) in [5.74, 6) is 1.14. The minimum Gasteiger partial charge on any atom is -0.0965 e. The van der Waals surface area contributed by atoms with Crippen LogP contribution >= 0.6 is 0 Å². The lowest BCUT2D eigenvalue weighted by molar-refractivity contribution is 0.284. The highest BCUT2D eigenvalue weighted by molar-refractivity contribution is 6.18. The number of benzene rings is 1. The molecule has 2 nitrogen and oxygen atoms in total. The van der Waals surface area contributed by atoms with Crippen molar-refractivity contribution in [3.05, 3.63) is 42.1 Å². The number of nitrogens with zero attached hydrogens (tertiary/aromatic N) is 2. The summed E-state index contributed by atoms with van der Waals surface area (Å²) in [4.78, 5) is 9.44. The molecule has 1 aliphatic heterocycles. The number of hydrogen-bond donors (Lipinski definition) is 0. The molecule has 2 heteroatoms. The maximum Gasteiger partial charge on any atom is 0.244 e. The fourth-order valence-corrected chi connectivity index (χ4v) is 6.30. The van der Waals surface area contributed by atoms with E-state index in [4.69, 9.17) is 9.98 Å². The van der Waals surface area contributed by atoms with Crippen LogP contribution in [0.25, 0.3) is 0 Å². The van der Waals surface area contributed by atoms with E-state index in [2.05, 4.69) is 44.2 Å². The molecule has 39 heavy (non-hydrogen) atoms. The summed E-state index contributed by atoms with van der Waals surface area (Å²) >= 11 is 0. The van der Waals surface area contributed by atoms with Crippen LogP contribution in [-0.4, -0.2) is 12.4 Å². The predicted molar refractivity (Wildman–Crippen MR) is 175 cm³/mol. The van der Waals surface area contributed by atoms with Crippen LogP contribution in [0.4, 0.5) is 0 Å². The first-order valence-electron chi connectivity index (χ1n) is 17.3. The van der Waals surface area contributed by atoms with Gasteiger partial charge in [0.25, 0.3) is 0 Å². The minimum atomic E-state index is 0.498. The van der Waals surface area contributed by atoms with Crippen LogP contribution in [-0.2, 0) is 6.42 Å². The molecule has 220 valence electrons. The van der Waals surface area contributed by atoms with Gasteiger partial charge in [-0.2, -0.15) is 0 Å². The number of hydrogen-bond acceptors (Lipinski definition) is 2. The van der Waals surface area contributed by atoms with Crippen LogP contribution in [0.2, 0.25) is 0 Å². The summed E-state index contributed by atoms with van der Waals surface area (Å²) in [7, 11) is 0. The van der Waals surface area contributed by atoms with E-state index in [1.54, 1.807) is 0 Å². The van der Waals surface area contributed by atoms with Gasteiger partial charge in [0, 0.05) is 0 Å². The lowest BCUT2D eigenvalue weighted by Crippen LogP contribution is -2.22. The van der Waals surface area contributed by atoms with Gasteiger partial charge in [-0.15, -0.1) is 0 Å². The Balaban J connectivity index is 1.68. The number of rotatable bonds is 27. The molecule has 1 aromatic carbocycles. The third-order valence-corrected chi connectivity index (χ3v) is 8.77. The quantitative estimate of drug-likeness (QED) is 0.0790. The average Bonchev–Trinajstić information content (AvgIpc) is 3.49. The highest BCUT2D eigenvalue weighted by Crippen LogP contribution is 2.37. The average molecular weight is 536 g/mol. The van der Waals surface area contributed by atoms with E-state index in [1.165, 1.54) is 153 Å². The molecule has 2 atom stereocenters. The maximum atomic E-state index is 4.72. The number of unbranched alkanes of at least 4 members (excludes halogenated alkanes) is 19. The third-order valence-electron chi connectivity index (χ3n) is 8.77. The fraction of sp³-hybridized carbons (Fsp3) is 0.757. The highest BCUT2D eigenvalue weighted by atomic mass is 15.0. The van der Waals surface area contributed by atoms with Crippen LogP contribution in [0.15, 0.2) is 40.3 Å². The van der Waals surface area contributed by atoms with Crippen molar-refractivity contribution in [1.82, 2.24) is 0 Å². The molecule has 0 fully saturated rings. The number of aliphatic imine (C=N–C) groups is 2. The van der Waals surface area contributed by atoms with Gasteiger partial charge in [-0.3, -0.25) is 0 Å². The molecule has 0 aromatic heterocycles. The van der Waals surface area contributed by atoms with Crippen molar-refractivity contribution < 1.29 is 0 Å². The van der Waals surface area contributed by atoms with E-state index in [9.17, 15) is 0 Å². The van der Waals surface area contributed by atoms with Gasteiger partial charge in [-0.05, 0) is 30.7 Å². The van der Waals surface area contributed by atoms with Gasteiger partial charge in [0.1, 0.15) is 0 Å². The molecule has 1 aliphatic rings. The summed E-state index contributed by atoms with van der Waals surface area (Å²) < 4.78 is 0. The molecule has 0 saturated carbocycles. The summed E-state index contributed by atoms with van der Waals surface area (Å²) in [6.45, 7) is 4.60. The lowest BCUT2D eigenvalue weighted by Gasteiger charge is -2.26. The van der Waals surface area contributed by atoms with E-state index in [-0.39, 0.29) is 0 Å². The summed E-state index contributed by atoms with van der Waals surface area (Å²) in [5, 5.41) is 0. The standard InChI is InChI=1S/C37H63N2/c1-3-5-7-9-11-12-13-14-15-16-17-18-19-20-25-29-35(33-34-27-23-22-24-28-34)36(37-38-31-32-39-37)30-26-21-10-8-6-4-2/h22-24,27-28,31-32,35-36H,3-21,25-26,29-30,33H2,1-2H3/q+1. The molecule has 0 amide bonds. The first-order chi connectivity index (χ1) is 19.3. The van der Waals surface area contributed by atoms with Gasteiger partial charge < -0.3 is 0 Å². The van der Waals surface area contributed by atoms with Gasteiger partial charge in [-0.25, -0.2) is 0 Å². The van der Waals surface area contributed by atoms with Gasteiger partial charge in [0.05, 0.1) is 5.92 Å². The molecule has 0 saturated heterocycles. The normalized spacial score (nSPS) is 14.4. The Morgan fingerprint density at radius 3 is 1.38 bits per heavy atom. The van der Waals surface area contributed by atoms with Crippen LogP contribution in [0.5, 0.6) is 0 Å². The second-order valence-corrected chi connectivity index (χ2v) is 12.3. The van der Waals surface area contributed by atoms with Gasteiger partial charge in [0.2, 0.25) is 6.17 Å². The van der Waals surface area contributed by atoms with Crippen molar-refractivity contribution in [2.45, 2.75) is 168 Å². The molecule has 2 rings (SSSR count). The smallest absolute Gasteiger partial charge is 0.0965 e. The highest BCUT2D eigenvalue weighted by Gasteiger charge is 2.35. The molecule has 0 bridgehead atoms. The summed E-state index contributed by atoms with van der Waals surface area (Å²) in [6, 6.07) is 11.2. The van der Waals surface area contributed by atoms with E-state index in [0.29, 0.717) is 11.8 Å². The van der Waals surface area contributed by atoms with Crippen molar-refractivity contribution in [3.63, 3.8) is 0 Å². The zero-order valence-corrected chi connectivity index (χ0v) is 26.1. The molecule has 0 aliphatic carbocycles. The molecule has 0 radical (unpaired) electrons. The van der Waals surface area contributed by atoms with E-state index < -0.39 is 0 Å². The van der Waals surface area contributed by atoms with Crippen LogP contribution < -0.4 is 0 Å². The largest absolute Gasteiger partial charge is 0.244 e. The van der Waals surface area contributed by atoms with Crippen LogP contribution in [0.3, 0.4) is 0 Å². The summed E-state index contributed by atoms with van der Waals surface area (Å²) in [6.07, 6.45) is 38.2. The van der Waals surface area contributed by atoms with Crippen molar-refractivity contribution in [1.29, 1.82) is 0 Å². The Morgan fingerprint density at radius 1 is 0.513 bits per heavy atom. The molecule has 0 N–H and O–H groups in total. The summed E-state index contributed by atoms with van der Waals surface area (Å²) in [5.41, 5.74) is 1.47. The maximum absolute atomic E-state index is 4.72. The molecule has 1 aromatic rings. The predicted octanol–water partition coefficient (Wildman–Crippen LogP) is 12.1. The zero-order chi connectivity index (χ0) is 27.6. The third kappa shape index (κ3) is 17.0. The zero-order valence-electron chi connectivity index (χ0n) is 26.1. The van der Waals surface area contributed by atoms with Crippen molar-refractivity contribution >= 4 is 12.4 Å². The Bertz CT molecular complexity index is 697. The molecular formula is C37H63N2+. The lowest BCUT2D eigenvalue weighted by atomic mass is 9.78. The van der Waals surface area contributed by atoms with Crippen LogP contribution in [0.1, 0.15) is 167 Å². The first-order valence-corrected chi connectivity index (χ1v) is 17.3. The second kappa shape index (κ2) is 24.2. The Morgan fingerprint density at radius 2 is 0.923 bits per heavy atom. The van der Waals surface area contributed by atoms with Crippen molar-refractivity contribution in [2.24, 2.45) is 21.8 Å². The molecule has 2 unspecified atom stereocenters. The molecule has 0 spiro atoms. The topological polar surface area (TPSA) is 24.7 Å². The van der Waals surface area contributed by atoms with Crippen LogP contribution in [0, 0.1) is 18.0 Å². The SMILES string of the molecule is CCCCCCCCCCCCCCCCCC(Cc1ccccc1)C(CCCCCCCC)[C+]1N=CC=N1. The van der Waals surface area contributed by atoms with E-state index in [1.807, 2.05) is 12.4 Å². The molecule has 1 heterocycles. The van der Waals surface area contributed by atoms with Gasteiger partial charge in [0.15, 0.2) is 12.4 Å². The van der Waals surface area contributed by atoms with Gasteiger partial charge in [-0.1, -0.05) is 189 Å². The fourth-order valence-electron chi connectivity index (χ4n) is 6.30. The minimum absolute atomic E-state index is 0.498. The van der Waals surface area contributed by atoms with E-state index >= 15 is 0 Å². The monoisotopic (exact) mass is 535 g/mol. The Kier molecular flexibility index (Phi) is 20.9.